The second-order valence-corrected chi connectivity index (χ2v) is 8.09. The Bertz CT molecular complexity index is 331. The molecule has 0 heterocycles. The lowest BCUT2D eigenvalue weighted by Crippen LogP contribution is -2.52. The van der Waals surface area contributed by atoms with Gasteiger partial charge in [-0.15, -0.1) is 0 Å². The largest absolute Gasteiger partial charge is 0.338 e. The van der Waals surface area contributed by atoms with E-state index in [1.165, 1.54) is 57.8 Å². The van der Waals surface area contributed by atoms with Gasteiger partial charge in [0.2, 0.25) is 0 Å². The van der Waals surface area contributed by atoms with E-state index in [4.69, 9.17) is 0 Å². The molecular weight excluding hydrogens is 260 g/mol. The molecule has 120 valence electrons. The molecule has 4 fully saturated rings. The molecule has 2 N–H and O–H groups in total. The van der Waals surface area contributed by atoms with Gasteiger partial charge in [0.25, 0.3) is 0 Å². The predicted molar refractivity (Wildman–Crippen MR) is 86.1 cm³/mol. The summed E-state index contributed by atoms with van der Waals surface area (Å²) in [5.74, 6) is 2.90. The molecule has 0 atom stereocenters. The summed E-state index contributed by atoms with van der Waals surface area (Å²) in [6.07, 6.45) is 13.4. The van der Waals surface area contributed by atoms with Crippen molar-refractivity contribution in [2.75, 3.05) is 13.1 Å². The Balaban J connectivity index is 1.38. The average Bonchev–Trinajstić information content (AvgIpc) is 2.44. The maximum atomic E-state index is 11.9. The highest BCUT2D eigenvalue weighted by Crippen LogP contribution is 2.59. The van der Waals surface area contributed by atoms with Crippen molar-refractivity contribution in [3.63, 3.8) is 0 Å². The van der Waals surface area contributed by atoms with E-state index < -0.39 is 0 Å². The Kier molecular flexibility index (Phi) is 4.75. The summed E-state index contributed by atoms with van der Waals surface area (Å²) in [4.78, 5) is 11.9. The maximum Gasteiger partial charge on any atom is 0.314 e. The minimum absolute atomic E-state index is 0.0576. The second-order valence-electron chi connectivity index (χ2n) is 8.09. The van der Waals surface area contributed by atoms with Gasteiger partial charge < -0.3 is 10.6 Å². The first kappa shape index (κ1) is 15.2. The van der Waals surface area contributed by atoms with Crippen LogP contribution in [0.5, 0.6) is 0 Å². The zero-order chi connectivity index (χ0) is 14.7. The van der Waals surface area contributed by atoms with Crippen LogP contribution in [0.2, 0.25) is 0 Å². The smallest absolute Gasteiger partial charge is 0.314 e. The molecule has 4 aliphatic rings. The molecule has 0 aromatic rings. The van der Waals surface area contributed by atoms with Gasteiger partial charge in [-0.3, -0.25) is 0 Å². The number of carbonyl (C=O) groups excluding carboxylic acids is 1. The summed E-state index contributed by atoms with van der Waals surface area (Å²) in [5, 5.41) is 6.20. The molecule has 0 spiro atoms. The van der Waals surface area contributed by atoms with Gasteiger partial charge in [-0.2, -0.15) is 0 Å². The van der Waals surface area contributed by atoms with Gasteiger partial charge in [0.1, 0.15) is 0 Å². The second kappa shape index (κ2) is 6.58. The van der Waals surface area contributed by atoms with Crippen molar-refractivity contribution in [3.8, 4) is 0 Å². The van der Waals surface area contributed by atoms with Crippen molar-refractivity contribution in [1.82, 2.24) is 10.6 Å². The number of hydrogen-bond donors (Lipinski definition) is 2. The summed E-state index contributed by atoms with van der Waals surface area (Å²) >= 11 is 0. The molecule has 4 aliphatic carbocycles. The molecule has 2 amide bonds. The van der Waals surface area contributed by atoms with Gasteiger partial charge >= 0.3 is 6.03 Å². The molecule has 4 rings (SSSR count). The van der Waals surface area contributed by atoms with Crippen LogP contribution in [0.1, 0.15) is 71.1 Å². The Hall–Kier alpha value is -0.730. The van der Waals surface area contributed by atoms with Gasteiger partial charge in [0.05, 0.1) is 0 Å². The van der Waals surface area contributed by atoms with Crippen LogP contribution in [-0.2, 0) is 0 Å². The number of hydrogen-bond acceptors (Lipinski definition) is 1. The lowest BCUT2D eigenvalue weighted by atomic mass is 9.49. The first-order valence-corrected chi connectivity index (χ1v) is 9.21. The normalized spacial score (nSPS) is 36.7. The van der Waals surface area contributed by atoms with Gasteiger partial charge in [-0.25, -0.2) is 4.79 Å². The Morgan fingerprint density at radius 1 is 0.952 bits per heavy atom. The van der Waals surface area contributed by atoms with E-state index in [0.29, 0.717) is 5.41 Å². The summed E-state index contributed by atoms with van der Waals surface area (Å²) in [6, 6.07) is 0.0576. The highest BCUT2D eigenvalue weighted by Gasteiger charge is 2.50. The monoisotopic (exact) mass is 292 g/mol. The van der Waals surface area contributed by atoms with Crippen LogP contribution < -0.4 is 10.6 Å². The van der Waals surface area contributed by atoms with Crippen molar-refractivity contribution >= 4 is 6.03 Å². The fourth-order valence-electron chi connectivity index (χ4n) is 5.59. The number of nitrogens with one attached hydrogen (secondary N) is 2. The summed E-state index contributed by atoms with van der Waals surface area (Å²) in [6.45, 7) is 3.95. The molecular formula is C18H32N2O. The first-order chi connectivity index (χ1) is 10.2. The van der Waals surface area contributed by atoms with Crippen LogP contribution >= 0.6 is 0 Å². The number of unbranched alkanes of at least 4 members (excludes halogenated alkanes) is 3. The topological polar surface area (TPSA) is 41.1 Å². The summed E-state index contributed by atoms with van der Waals surface area (Å²) in [7, 11) is 0. The van der Waals surface area contributed by atoms with E-state index in [-0.39, 0.29) is 6.03 Å². The Morgan fingerprint density at radius 3 is 2.14 bits per heavy atom. The van der Waals surface area contributed by atoms with Crippen molar-refractivity contribution in [3.05, 3.63) is 0 Å². The zero-order valence-corrected chi connectivity index (χ0v) is 13.6. The highest BCUT2D eigenvalue weighted by molar-refractivity contribution is 5.73. The molecule has 4 bridgehead atoms. The van der Waals surface area contributed by atoms with E-state index >= 15 is 0 Å². The molecule has 21 heavy (non-hydrogen) atoms. The predicted octanol–water partition coefficient (Wildman–Crippen LogP) is 4.08. The first-order valence-electron chi connectivity index (χ1n) is 9.21. The molecule has 0 aromatic heterocycles. The molecule has 3 heteroatoms. The third-order valence-corrected chi connectivity index (χ3v) is 6.10. The van der Waals surface area contributed by atoms with Crippen LogP contribution in [0, 0.1) is 23.2 Å². The quantitative estimate of drug-likeness (QED) is 0.682. The lowest BCUT2D eigenvalue weighted by Gasteiger charge is -2.56. The van der Waals surface area contributed by atoms with Crippen LogP contribution in [0.3, 0.4) is 0 Å². The Morgan fingerprint density at radius 2 is 1.57 bits per heavy atom. The van der Waals surface area contributed by atoms with E-state index in [0.717, 1.165) is 37.3 Å². The average molecular weight is 292 g/mol. The number of amides is 2. The van der Waals surface area contributed by atoms with Crippen molar-refractivity contribution in [2.45, 2.75) is 71.1 Å². The zero-order valence-electron chi connectivity index (χ0n) is 13.6. The standard InChI is InChI=1S/C18H32N2O/c1-2-3-4-5-6-19-17(21)20-13-18-10-14-7-15(11-18)9-16(8-14)12-18/h14-16H,2-13H2,1H3,(H2,19,20,21). The van der Waals surface area contributed by atoms with E-state index in [2.05, 4.69) is 17.6 Å². The fraction of sp³-hybridized carbons (Fsp3) is 0.944. The molecule has 0 aromatic carbocycles. The van der Waals surface area contributed by atoms with Gasteiger partial charge in [0, 0.05) is 13.1 Å². The van der Waals surface area contributed by atoms with Gasteiger partial charge in [-0.05, 0) is 68.1 Å². The van der Waals surface area contributed by atoms with Crippen molar-refractivity contribution in [1.29, 1.82) is 0 Å². The van der Waals surface area contributed by atoms with Gasteiger partial charge in [0.15, 0.2) is 0 Å². The van der Waals surface area contributed by atoms with Crippen LogP contribution in [-0.4, -0.2) is 19.1 Å². The van der Waals surface area contributed by atoms with Crippen molar-refractivity contribution in [2.24, 2.45) is 23.2 Å². The van der Waals surface area contributed by atoms with Crippen LogP contribution in [0.25, 0.3) is 0 Å². The lowest BCUT2D eigenvalue weighted by molar-refractivity contribution is -0.0498. The SMILES string of the molecule is CCCCCCNC(=O)NCC12CC3CC(CC(C3)C1)C2. The maximum absolute atomic E-state index is 11.9. The molecule has 0 saturated heterocycles. The molecule has 4 saturated carbocycles. The number of rotatable bonds is 7. The van der Waals surface area contributed by atoms with Crippen LogP contribution in [0.4, 0.5) is 4.79 Å². The van der Waals surface area contributed by atoms with E-state index in [9.17, 15) is 4.79 Å². The molecule has 3 nitrogen and oxygen atoms in total. The third kappa shape index (κ3) is 3.73. The number of carbonyl (C=O) groups is 1. The minimum Gasteiger partial charge on any atom is -0.338 e. The Labute approximate surface area is 129 Å². The highest BCUT2D eigenvalue weighted by atomic mass is 16.2. The summed E-state index contributed by atoms with van der Waals surface area (Å²) in [5.41, 5.74) is 0.453. The van der Waals surface area contributed by atoms with Gasteiger partial charge in [-0.1, -0.05) is 26.2 Å². The number of urea groups is 1. The van der Waals surface area contributed by atoms with Crippen molar-refractivity contribution < 1.29 is 4.79 Å². The third-order valence-electron chi connectivity index (χ3n) is 6.10. The minimum atomic E-state index is 0.0576. The molecule has 0 unspecified atom stereocenters. The molecule has 0 aliphatic heterocycles. The summed E-state index contributed by atoms with van der Waals surface area (Å²) < 4.78 is 0. The fourth-order valence-corrected chi connectivity index (χ4v) is 5.59. The molecule has 0 radical (unpaired) electrons. The van der Waals surface area contributed by atoms with E-state index in [1.807, 2.05) is 0 Å². The van der Waals surface area contributed by atoms with E-state index in [1.54, 1.807) is 0 Å². The van der Waals surface area contributed by atoms with Crippen LogP contribution in [0.15, 0.2) is 0 Å².